The van der Waals surface area contributed by atoms with E-state index in [0.717, 1.165) is 23.0 Å². The van der Waals surface area contributed by atoms with E-state index in [-0.39, 0.29) is 5.84 Å². The van der Waals surface area contributed by atoms with Gasteiger partial charge in [-0.15, -0.1) is 0 Å². The van der Waals surface area contributed by atoms with Gasteiger partial charge in [-0.05, 0) is 18.1 Å². The molecule has 1 heterocycles. The summed E-state index contributed by atoms with van der Waals surface area (Å²) in [4.78, 5) is 0. The molecular weight excluding hydrogens is 204 g/mol. The fraction of sp³-hybridized carbons (Fsp3) is 0.250. The van der Waals surface area contributed by atoms with Gasteiger partial charge in [0.15, 0.2) is 11.6 Å². The number of nitrogens with two attached hydrogens (primary N) is 1. The Morgan fingerprint density at radius 3 is 3.00 bits per heavy atom. The van der Waals surface area contributed by atoms with Gasteiger partial charge in [0.25, 0.3) is 0 Å². The lowest BCUT2D eigenvalue weighted by Crippen LogP contribution is -2.09. The van der Waals surface area contributed by atoms with Gasteiger partial charge in [0.05, 0.1) is 6.61 Å². The zero-order valence-corrected chi connectivity index (χ0v) is 9.12. The fourth-order valence-electron chi connectivity index (χ4n) is 1.67. The van der Waals surface area contributed by atoms with Crippen LogP contribution in [0.15, 0.2) is 28.7 Å². The second kappa shape index (κ2) is 4.37. The summed E-state index contributed by atoms with van der Waals surface area (Å²) >= 11 is 0. The summed E-state index contributed by atoms with van der Waals surface area (Å²) in [5, 5.41) is 8.31. The minimum Gasteiger partial charge on any atom is -0.453 e. The van der Waals surface area contributed by atoms with Crippen LogP contribution in [-0.4, -0.2) is 19.6 Å². The third kappa shape index (κ3) is 1.92. The molecule has 2 aromatic rings. The van der Waals surface area contributed by atoms with E-state index in [0.29, 0.717) is 12.4 Å². The molecule has 0 spiro atoms. The van der Waals surface area contributed by atoms with E-state index in [1.54, 1.807) is 13.2 Å². The third-order valence-corrected chi connectivity index (χ3v) is 2.47. The predicted molar refractivity (Wildman–Crippen MR) is 62.8 cm³/mol. The van der Waals surface area contributed by atoms with Crippen LogP contribution >= 0.6 is 0 Å². The van der Waals surface area contributed by atoms with Crippen LogP contribution < -0.4 is 5.73 Å². The van der Waals surface area contributed by atoms with Gasteiger partial charge in [-0.1, -0.05) is 18.2 Å². The Labute approximate surface area is 93.5 Å². The quantitative estimate of drug-likeness (QED) is 0.608. The summed E-state index contributed by atoms with van der Waals surface area (Å²) in [6, 6.07) is 7.69. The minimum absolute atomic E-state index is 0.0473. The Morgan fingerprint density at radius 2 is 2.31 bits per heavy atom. The van der Waals surface area contributed by atoms with Crippen molar-refractivity contribution in [3.05, 3.63) is 35.6 Å². The molecule has 0 radical (unpaired) electrons. The highest BCUT2D eigenvalue weighted by atomic mass is 16.5. The highest BCUT2D eigenvalue weighted by Crippen LogP contribution is 2.23. The first-order valence-electron chi connectivity index (χ1n) is 5.07. The van der Waals surface area contributed by atoms with Crippen LogP contribution in [0.25, 0.3) is 11.0 Å². The molecule has 1 aromatic carbocycles. The molecule has 2 rings (SSSR count). The summed E-state index contributed by atoms with van der Waals surface area (Å²) in [6.45, 7) is 0.648. The maximum absolute atomic E-state index is 7.34. The Balaban J connectivity index is 2.45. The van der Waals surface area contributed by atoms with Gasteiger partial charge in [0, 0.05) is 12.5 Å². The number of amidine groups is 1. The van der Waals surface area contributed by atoms with E-state index in [9.17, 15) is 0 Å². The molecule has 0 aliphatic rings. The summed E-state index contributed by atoms with van der Waals surface area (Å²) in [5.41, 5.74) is 7.26. The molecule has 4 heteroatoms. The fourth-order valence-corrected chi connectivity index (χ4v) is 1.67. The second-order valence-corrected chi connectivity index (χ2v) is 3.60. The molecular formula is C12H14N2O2. The first kappa shape index (κ1) is 10.7. The predicted octanol–water partition coefficient (Wildman–Crippen LogP) is 1.91. The largest absolute Gasteiger partial charge is 0.453 e. The molecule has 0 aliphatic carbocycles. The van der Waals surface area contributed by atoms with Crippen molar-refractivity contribution in [3.63, 3.8) is 0 Å². The smallest absolute Gasteiger partial charge is 0.169 e. The molecule has 0 amide bonds. The molecule has 3 N–H and O–H groups in total. The van der Waals surface area contributed by atoms with Crippen LogP contribution in [0.2, 0.25) is 0 Å². The van der Waals surface area contributed by atoms with E-state index >= 15 is 0 Å². The SMILES string of the molecule is COCCc1cccc2cc(C(=N)N)oc12. The minimum atomic E-state index is -0.0473. The van der Waals surface area contributed by atoms with E-state index in [1.165, 1.54) is 0 Å². The van der Waals surface area contributed by atoms with Crippen LogP contribution in [0, 0.1) is 5.41 Å². The highest BCUT2D eigenvalue weighted by Gasteiger charge is 2.09. The van der Waals surface area contributed by atoms with E-state index in [4.69, 9.17) is 20.3 Å². The molecule has 0 fully saturated rings. The first-order chi connectivity index (χ1) is 7.72. The number of nitrogen functional groups attached to an aromatic ring is 1. The van der Waals surface area contributed by atoms with Crippen LogP contribution in [0.4, 0.5) is 0 Å². The van der Waals surface area contributed by atoms with Gasteiger partial charge in [-0.25, -0.2) is 0 Å². The standard InChI is InChI=1S/C12H14N2O2/c1-15-6-5-8-3-2-4-9-7-10(12(13)14)16-11(8)9/h2-4,7H,5-6H2,1H3,(H3,13,14). The van der Waals surface area contributed by atoms with Crippen molar-refractivity contribution in [2.24, 2.45) is 5.73 Å². The zero-order chi connectivity index (χ0) is 11.5. The van der Waals surface area contributed by atoms with Crippen molar-refractivity contribution in [1.82, 2.24) is 0 Å². The molecule has 4 nitrogen and oxygen atoms in total. The number of rotatable bonds is 4. The Bertz CT molecular complexity index is 517. The normalized spacial score (nSPS) is 10.8. The molecule has 1 aromatic heterocycles. The molecule has 0 aliphatic heterocycles. The lowest BCUT2D eigenvalue weighted by atomic mass is 10.1. The zero-order valence-electron chi connectivity index (χ0n) is 9.12. The van der Waals surface area contributed by atoms with Crippen molar-refractivity contribution >= 4 is 16.8 Å². The summed E-state index contributed by atoms with van der Waals surface area (Å²) in [7, 11) is 1.67. The number of hydrogen-bond acceptors (Lipinski definition) is 3. The number of ether oxygens (including phenoxy) is 1. The van der Waals surface area contributed by atoms with Gasteiger partial charge in [-0.3, -0.25) is 5.41 Å². The topological polar surface area (TPSA) is 72.2 Å². The number of nitrogens with one attached hydrogen (secondary N) is 1. The maximum Gasteiger partial charge on any atom is 0.169 e. The summed E-state index contributed by atoms with van der Waals surface area (Å²) < 4.78 is 10.6. The summed E-state index contributed by atoms with van der Waals surface area (Å²) in [5.74, 6) is 0.369. The van der Waals surface area contributed by atoms with Crippen LogP contribution in [-0.2, 0) is 11.2 Å². The van der Waals surface area contributed by atoms with Crippen LogP contribution in [0.5, 0.6) is 0 Å². The molecule has 0 unspecified atom stereocenters. The van der Waals surface area contributed by atoms with Gasteiger partial charge in [0.2, 0.25) is 0 Å². The number of para-hydroxylation sites is 1. The monoisotopic (exact) mass is 218 g/mol. The average Bonchev–Trinajstić information content (AvgIpc) is 2.70. The van der Waals surface area contributed by atoms with Crippen molar-refractivity contribution in [3.8, 4) is 0 Å². The van der Waals surface area contributed by atoms with Gasteiger partial charge in [0.1, 0.15) is 5.58 Å². The molecule has 16 heavy (non-hydrogen) atoms. The van der Waals surface area contributed by atoms with Crippen LogP contribution in [0.3, 0.4) is 0 Å². The number of hydrogen-bond donors (Lipinski definition) is 2. The molecule has 0 bridgehead atoms. The van der Waals surface area contributed by atoms with E-state index < -0.39 is 0 Å². The highest BCUT2D eigenvalue weighted by molar-refractivity contribution is 5.97. The molecule has 84 valence electrons. The van der Waals surface area contributed by atoms with Gasteiger partial charge < -0.3 is 14.9 Å². The number of methoxy groups -OCH3 is 1. The molecule has 0 atom stereocenters. The molecule has 0 saturated heterocycles. The lowest BCUT2D eigenvalue weighted by molar-refractivity contribution is 0.202. The van der Waals surface area contributed by atoms with Gasteiger partial charge in [-0.2, -0.15) is 0 Å². The van der Waals surface area contributed by atoms with Crippen molar-refractivity contribution < 1.29 is 9.15 Å². The van der Waals surface area contributed by atoms with Crippen molar-refractivity contribution in [1.29, 1.82) is 5.41 Å². The van der Waals surface area contributed by atoms with Crippen molar-refractivity contribution in [2.75, 3.05) is 13.7 Å². The van der Waals surface area contributed by atoms with Gasteiger partial charge >= 0.3 is 0 Å². The molecule has 0 saturated carbocycles. The lowest BCUT2D eigenvalue weighted by Gasteiger charge is -2.00. The number of benzene rings is 1. The average molecular weight is 218 g/mol. The Hall–Kier alpha value is -1.81. The third-order valence-electron chi connectivity index (χ3n) is 2.47. The first-order valence-corrected chi connectivity index (χ1v) is 5.07. The summed E-state index contributed by atoms with van der Waals surface area (Å²) in [6.07, 6.45) is 0.790. The van der Waals surface area contributed by atoms with E-state index in [2.05, 4.69) is 0 Å². The Morgan fingerprint density at radius 1 is 1.50 bits per heavy atom. The number of fused-ring (bicyclic) bond motifs is 1. The number of furan rings is 1. The van der Waals surface area contributed by atoms with Crippen LogP contribution in [0.1, 0.15) is 11.3 Å². The second-order valence-electron chi connectivity index (χ2n) is 3.60. The maximum atomic E-state index is 7.34. The van der Waals surface area contributed by atoms with Crippen molar-refractivity contribution in [2.45, 2.75) is 6.42 Å². The Kier molecular flexibility index (Phi) is 2.92. The van der Waals surface area contributed by atoms with E-state index in [1.807, 2.05) is 18.2 Å².